The van der Waals surface area contributed by atoms with Crippen molar-refractivity contribution in [1.29, 1.82) is 0 Å². The van der Waals surface area contributed by atoms with Crippen molar-refractivity contribution >= 4 is 0 Å². The maximum Gasteiger partial charge on any atom is 0.0690 e. The van der Waals surface area contributed by atoms with E-state index in [1.165, 1.54) is 19.3 Å². The zero-order chi connectivity index (χ0) is 5.98. The summed E-state index contributed by atoms with van der Waals surface area (Å²) in [6.07, 6.45) is 3.42. The van der Waals surface area contributed by atoms with Gasteiger partial charge in [0.25, 0.3) is 0 Å². The van der Waals surface area contributed by atoms with Gasteiger partial charge in [0.1, 0.15) is 0 Å². The van der Waals surface area contributed by atoms with Crippen molar-refractivity contribution in [2.24, 2.45) is 11.7 Å². The molecule has 0 unspecified atom stereocenters. The lowest BCUT2D eigenvalue weighted by atomic mass is 9.81. The van der Waals surface area contributed by atoms with Crippen molar-refractivity contribution in [3.8, 4) is 0 Å². The van der Waals surface area contributed by atoms with E-state index in [1.807, 2.05) is 0 Å². The van der Waals surface area contributed by atoms with Crippen molar-refractivity contribution in [3.63, 3.8) is 0 Å². The quantitative estimate of drug-likeness (QED) is 0.536. The first-order valence-electron chi connectivity index (χ1n) is 3.22. The van der Waals surface area contributed by atoms with Gasteiger partial charge in [0.2, 0.25) is 0 Å². The highest BCUT2D eigenvalue weighted by molar-refractivity contribution is 4.76. The molecular weight excluding hydrogens is 102 g/mol. The average Bonchev–Trinajstić information content (AvgIpc) is 1.62. The van der Waals surface area contributed by atoms with Crippen LogP contribution in [0.2, 0.25) is 0 Å². The second kappa shape index (κ2) is 2.46. The zero-order valence-corrected chi connectivity index (χ0v) is 5.01. The lowest BCUT2D eigenvalue weighted by Crippen LogP contribution is -2.32. The molecule has 1 atom stereocenters. The molecule has 0 heterocycles. The second-order valence-electron chi connectivity index (χ2n) is 2.49. The van der Waals surface area contributed by atoms with E-state index in [1.54, 1.807) is 0 Å². The zero-order valence-electron chi connectivity index (χ0n) is 5.01. The monoisotopic (exact) mass is 115 g/mol. The molecule has 0 bridgehead atoms. The van der Waals surface area contributed by atoms with E-state index in [0.29, 0.717) is 12.5 Å². The Kier molecular flexibility index (Phi) is 1.86. The molecule has 0 aromatic rings. The number of nitrogens with two attached hydrogens (primary N) is 1. The summed E-state index contributed by atoms with van der Waals surface area (Å²) in [7, 11) is 0. The van der Waals surface area contributed by atoms with Gasteiger partial charge >= 0.3 is 0 Å². The minimum atomic E-state index is -0.219. The first kappa shape index (κ1) is 6.05. The van der Waals surface area contributed by atoms with E-state index in [4.69, 9.17) is 10.8 Å². The van der Waals surface area contributed by atoms with Crippen LogP contribution in [0.5, 0.6) is 0 Å². The van der Waals surface area contributed by atoms with Gasteiger partial charge in [0, 0.05) is 6.54 Å². The van der Waals surface area contributed by atoms with Crippen LogP contribution in [-0.4, -0.2) is 17.8 Å². The fourth-order valence-corrected chi connectivity index (χ4v) is 1.02. The van der Waals surface area contributed by atoms with Crippen LogP contribution in [0.25, 0.3) is 0 Å². The molecule has 1 aliphatic carbocycles. The van der Waals surface area contributed by atoms with E-state index >= 15 is 0 Å². The Morgan fingerprint density at radius 2 is 2.25 bits per heavy atom. The molecule has 1 fully saturated rings. The highest BCUT2D eigenvalue weighted by Gasteiger charge is 2.23. The summed E-state index contributed by atoms with van der Waals surface area (Å²) in [6, 6.07) is 0. The van der Waals surface area contributed by atoms with E-state index in [-0.39, 0.29) is 6.10 Å². The standard InChI is InChI=1S/C6H13NO/c7-4-6(8)5-2-1-3-5/h5-6,8H,1-4,7H2/t6-/m0/s1. The fourth-order valence-electron chi connectivity index (χ4n) is 1.02. The molecule has 1 rings (SSSR count). The van der Waals surface area contributed by atoms with Crippen molar-refractivity contribution < 1.29 is 5.11 Å². The lowest BCUT2D eigenvalue weighted by molar-refractivity contribution is 0.0696. The van der Waals surface area contributed by atoms with Gasteiger partial charge in [-0.25, -0.2) is 0 Å². The molecule has 0 aromatic heterocycles. The van der Waals surface area contributed by atoms with Crippen LogP contribution in [0.1, 0.15) is 19.3 Å². The highest BCUT2D eigenvalue weighted by Crippen LogP contribution is 2.28. The number of rotatable bonds is 2. The molecular formula is C6H13NO. The van der Waals surface area contributed by atoms with Crippen LogP contribution >= 0.6 is 0 Å². The smallest absolute Gasteiger partial charge is 0.0690 e. The molecule has 0 amide bonds. The molecule has 1 saturated carbocycles. The molecule has 48 valence electrons. The topological polar surface area (TPSA) is 46.2 Å². The number of hydrogen-bond donors (Lipinski definition) is 2. The minimum Gasteiger partial charge on any atom is -0.392 e. The summed E-state index contributed by atoms with van der Waals surface area (Å²) in [4.78, 5) is 0. The third-order valence-electron chi connectivity index (χ3n) is 1.94. The molecule has 0 aromatic carbocycles. The molecule has 2 heteroatoms. The third-order valence-corrected chi connectivity index (χ3v) is 1.94. The predicted octanol–water partition coefficient (Wildman–Crippen LogP) is 0.106. The second-order valence-corrected chi connectivity index (χ2v) is 2.49. The van der Waals surface area contributed by atoms with Crippen molar-refractivity contribution in [2.75, 3.05) is 6.54 Å². The van der Waals surface area contributed by atoms with Gasteiger partial charge in [-0.15, -0.1) is 0 Å². The van der Waals surface area contributed by atoms with Crippen LogP contribution in [0.15, 0.2) is 0 Å². The Labute approximate surface area is 49.7 Å². The summed E-state index contributed by atoms with van der Waals surface area (Å²) >= 11 is 0. The molecule has 0 radical (unpaired) electrons. The lowest BCUT2D eigenvalue weighted by Gasteiger charge is -2.29. The molecule has 1 aliphatic rings. The third kappa shape index (κ3) is 1.01. The number of aliphatic hydroxyl groups is 1. The Morgan fingerprint density at radius 3 is 2.38 bits per heavy atom. The maximum atomic E-state index is 9.05. The van der Waals surface area contributed by atoms with Crippen LogP contribution < -0.4 is 5.73 Å². The SMILES string of the molecule is NC[C@H](O)C1CCC1. The van der Waals surface area contributed by atoms with E-state index < -0.39 is 0 Å². The average molecular weight is 115 g/mol. The van der Waals surface area contributed by atoms with Gasteiger partial charge in [-0.3, -0.25) is 0 Å². The molecule has 8 heavy (non-hydrogen) atoms. The fraction of sp³-hybridized carbons (Fsp3) is 1.00. The van der Waals surface area contributed by atoms with Crippen LogP contribution in [0.4, 0.5) is 0 Å². The normalized spacial score (nSPS) is 24.8. The van der Waals surface area contributed by atoms with E-state index in [2.05, 4.69) is 0 Å². The van der Waals surface area contributed by atoms with Gasteiger partial charge in [-0.1, -0.05) is 6.42 Å². The van der Waals surface area contributed by atoms with Gasteiger partial charge < -0.3 is 10.8 Å². The Hall–Kier alpha value is -0.0800. The summed E-state index contributed by atoms with van der Waals surface area (Å²) < 4.78 is 0. The summed E-state index contributed by atoms with van der Waals surface area (Å²) in [5.74, 6) is 0.528. The molecule has 3 N–H and O–H groups in total. The van der Waals surface area contributed by atoms with Gasteiger partial charge in [0.15, 0.2) is 0 Å². The summed E-state index contributed by atoms with van der Waals surface area (Å²) in [6.45, 7) is 0.435. The highest BCUT2D eigenvalue weighted by atomic mass is 16.3. The van der Waals surface area contributed by atoms with Crippen molar-refractivity contribution in [1.82, 2.24) is 0 Å². The molecule has 0 aliphatic heterocycles. The van der Waals surface area contributed by atoms with Crippen LogP contribution in [-0.2, 0) is 0 Å². The van der Waals surface area contributed by atoms with Crippen LogP contribution in [0.3, 0.4) is 0 Å². The van der Waals surface area contributed by atoms with Crippen molar-refractivity contribution in [3.05, 3.63) is 0 Å². The number of hydrogen-bond acceptors (Lipinski definition) is 2. The summed E-state index contributed by atoms with van der Waals surface area (Å²) in [5, 5.41) is 9.05. The van der Waals surface area contributed by atoms with Gasteiger partial charge in [-0.05, 0) is 18.8 Å². The first-order valence-corrected chi connectivity index (χ1v) is 3.22. The molecule has 2 nitrogen and oxygen atoms in total. The Balaban J connectivity index is 2.13. The van der Waals surface area contributed by atoms with Gasteiger partial charge in [0.05, 0.1) is 6.10 Å². The predicted molar refractivity (Wildman–Crippen MR) is 32.4 cm³/mol. The summed E-state index contributed by atoms with van der Waals surface area (Å²) in [5.41, 5.74) is 5.23. The molecule has 0 saturated heterocycles. The minimum absolute atomic E-state index is 0.219. The first-order chi connectivity index (χ1) is 3.84. The Bertz CT molecular complexity index is 68.2. The van der Waals surface area contributed by atoms with Gasteiger partial charge in [-0.2, -0.15) is 0 Å². The largest absolute Gasteiger partial charge is 0.392 e. The van der Waals surface area contributed by atoms with E-state index in [9.17, 15) is 0 Å². The van der Waals surface area contributed by atoms with Crippen LogP contribution in [0, 0.1) is 5.92 Å². The Morgan fingerprint density at radius 1 is 1.62 bits per heavy atom. The molecule has 0 spiro atoms. The van der Waals surface area contributed by atoms with Crippen molar-refractivity contribution in [2.45, 2.75) is 25.4 Å². The van der Waals surface area contributed by atoms with E-state index in [0.717, 1.165) is 0 Å². The maximum absolute atomic E-state index is 9.05. The number of aliphatic hydroxyl groups excluding tert-OH is 1.